The molecule has 0 atom stereocenters. The molecule has 0 bridgehead atoms. The highest BCUT2D eigenvalue weighted by Gasteiger charge is 2.19. The van der Waals surface area contributed by atoms with Gasteiger partial charge in [-0.3, -0.25) is 9.52 Å². The lowest BCUT2D eigenvalue weighted by molar-refractivity contribution is -0.114. The number of halogens is 1. The largest absolute Gasteiger partial charge is 0.494 e. The minimum absolute atomic E-state index is 0.0971. The van der Waals surface area contributed by atoms with Gasteiger partial charge in [0.25, 0.3) is 10.0 Å². The summed E-state index contributed by atoms with van der Waals surface area (Å²) in [6.45, 7) is 3.01. The molecule has 0 radical (unpaired) electrons. The summed E-state index contributed by atoms with van der Waals surface area (Å²) in [5.41, 5.74) is 1.22. The minimum atomic E-state index is -3.80. The quantitative estimate of drug-likeness (QED) is 0.846. The monoisotopic (exact) mass is 368 g/mol. The Hall–Kier alpha value is -2.25. The lowest BCUT2D eigenvalue weighted by atomic mass is 10.2. The smallest absolute Gasteiger partial charge is 0.262 e. The molecule has 0 aliphatic rings. The molecule has 24 heavy (non-hydrogen) atoms. The van der Waals surface area contributed by atoms with Gasteiger partial charge in [0, 0.05) is 18.0 Å². The van der Waals surface area contributed by atoms with E-state index in [0.717, 1.165) is 0 Å². The molecular formula is C16H17ClN2O4S. The summed E-state index contributed by atoms with van der Waals surface area (Å²) in [6, 6.07) is 9.26. The first-order chi connectivity index (χ1) is 11.2. The molecule has 0 saturated carbocycles. The third-order valence-corrected chi connectivity index (χ3v) is 5.21. The molecular weight excluding hydrogens is 352 g/mol. The fourth-order valence-corrected chi connectivity index (χ4v) is 3.69. The Bertz CT molecular complexity index is 882. The predicted molar refractivity (Wildman–Crippen MR) is 94.3 cm³/mol. The van der Waals surface area contributed by atoms with Gasteiger partial charge in [0.1, 0.15) is 5.75 Å². The number of hydrogen-bond donors (Lipinski definition) is 2. The van der Waals surface area contributed by atoms with Gasteiger partial charge in [0.2, 0.25) is 5.91 Å². The molecule has 6 nitrogen and oxygen atoms in total. The lowest BCUT2D eigenvalue weighted by Crippen LogP contribution is -2.15. The fraction of sp³-hybridized carbons (Fsp3) is 0.188. The van der Waals surface area contributed by atoms with Gasteiger partial charge in [-0.05, 0) is 36.8 Å². The van der Waals surface area contributed by atoms with Gasteiger partial charge in [0.15, 0.2) is 0 Å². The third kappa shape index (κ3) is 3.98. The number of methoxy groups -OCH3 is 1. The maximum atomic E-state index is 12.6. The molecule has 0 heterocycles. The molecule has 0 fully saturated rings. The molecule has 2 aromatic carbocycles. The van der Waals surface area contributed by atoms with Crippen molar-refractivity contribution >= 4 is 38.9 Å². The Morgan fingerprint density at radius 3 is 2.54 bits per heavy atom. The number of carbonyl (C=O) groups excluding carboxylic acids is 1. The molecule has 2 N–H and O–H groups in total. The zero-order valence-electron chi connectivity index (χ0n) is 13.4. The van der Waals surface area contributed by atoms with Crippen LogP contribution in [0, 0.1) is 6.92 Å². The first kappa shape index (κ1) is 18.1. The number of hydrogen-bond acceptors (Lipinski definition) is 4. The third-order valence-electron chi connectivity index (χ3n) is 3.27. The molecule has 128 valence electrons. The molecule has 8 heteroatoms. The van der Waals surface area contributed by atoms with Gasteiger partial charge < -0.3 is 10.1 Å². The molecule has 0 saturated heterocycles. The summed E-state index contributed by atoms with van der Waals surface area (Å²) >= 11 is 5.99. The number of ether oxygens (including phenoxy) is 1. The number of carbonyl (C=O) groups is 1. The number of amides is 1. The van der Waals surface area contributed by atoms with Crippen LogP contribution in [0.4, 0.5) is 11.4 Å². The molecule has 0 spiro atoms. The Labute approximate surface area is 145 Å². The summed E-state index contributed by atoms with van der Waals surface area (Å²) in [5, 5.41) is 2.98. The summed E-state index contributed by atoms with van der Waals surface area (Å²) in [6.07, 6.45) is 0. The van der Waals surface area contributed by atoms with E-state index in [1.165, 1.54) is 32.2 Å². The zero-order valence-corrected chi connectivity index (χ0v) is 15.0. The number of anilines is 2. The van der Waals surface area contributed by atoms with E-state index in [1.807, 2.05) is 0 Å². The fourth-order valence-electron chi connectivity index (χ4n) is 2.14. The van der Waals surface area contributed by atoms with Gasteiger partial charge in [-0.2, -0.15) is 0 Å². The standard InChI is InChI=1S/C16H17ClN2O4S/c1-10-13(17)5-4-6-16(10)24(21,22)19-12-7-8-14(18-11(2)20)15(9-12)23-3/h4-9,19H,1-3H3,(H,18,20). The van der Waals surface area contributed by atoms with Crippen molar-refractivity contribution in [3.05, 3.63) is 47.0 Å². The summed E-state index contributed by atoms with van der Waals surface area (Å²) in [5.74, 6) is 0.0874. The van der Waals surface area contributed by atoms with Crippen LogP contribution >= 0.6 is 11.6 Å². The highest BCUT2D eigenvalue weighted by atomic mass is 35.5. The van der Waals surface area contributed by atoms with Crippen molar-refractivity contribution in [1.29, 1.82) is 0 Å². The highest BCUT2D eigenvalue weighted by molar-refractivity contribution is 7.92. The number of benzene rings is 2. The second-order valence-electron chi connectivity index (χ2n) is 5.06. The molecule has 0 aliphatic heterocycles. The van der Waals surface area contributed by atoms with Gasteiger partial charge in [-0.1, -0.05) is 17.7 Å². The second-order valence-corrected chi connectivity index (χ2v) is 7.12. The summed E-state index contributed by atoms with van der Waals surface area (Å²) in [7, 11) is -2.37. The number of nitrogens with one attached hydrogen (secondary N) is 2. The number of rotatable bonds is 5. The average molecular weight is 369 g/mol. The molecule has 0 aromatic heterocycles. The Morgan fingerprint density at radius 1 is 1.21 bits per heavy atom. The van der Waals surface area contributed by atoms with E-state index >= 15 is 0 Å². The Balaban J connectivity index is 2.36. The van der Waals surface area contributed by atoms with Crippen LogP contribution in [-0.2, 0) is 14.8 Å². The Kier molecular flexibility index (Phi) is 5.36. The van der Waals surface area contributed by atoms with E-state index in [2.05, 4.69) is 10.0 Å². The first-order valence-electron chi connectivity index (χ1n) is 6.98. The molecule has 2 aromatic rings. The first-order valence-corrected chi connectivity index (χ1v) is 8.84. The Morgan fingerprint density at radius 2 is 1.92 bits per heavy atom. The maximum Gasteiger partial charge on any atom is 0.262 e. The van der Waals surface area contributed by atoms with Crippen molar-refractivity contribution in [2.45, 2.75) is 18.7 Å². The van der Waals surface area contributed by atoms with Crippen molar-refractivity contribution in [3.63, 3.8) is 0 Å². The van der Waals surface area contributed by atoms with E-state index in [-0.39, 0.29) is 10.8 Å². The van der Waals surface area contributed by atoms with Gasteiger partial charge >= 0.3 is 0 Å². The van der Waals surface area contributed by atoms with Crippen LogP contribution in [0.1, 0.15) is 12.5 Å². The molecule has 1 amide bonds. The van der Waals surface area contributed by atoms with Crippen LogP contribution in [0.5, 0.6) is 5.75 Å². The van der Waals surface area contributed by atoms with Crippen LogP contribution in [0.15, 0.2) is 41.3 Å². The van der Waals surface area contributed by atoms with E-state index in [1.54, 1.807) is 25.1 Å². The van der Waals surface area contributed by atoms with E-state index in [0.29, 0.717) is 27.7 Å². The van der Waals surface area contributed by atoms with E-state index in [4.69, 9.17) is 16.3 Å². The van der Waals surface area contributed by atoms with Crippen LogP contribution in [0.25, 0.3) is 0 Å². The molecule has 0 unspecified atom stereocenters. The van der Waals surface area contributed by atoms with Crippen LogP contribution in [-0.4, -0.2) is 21.4 Å². The van der Waals surface area contributed by atoms with Gasteiger partial charge in [0.05, 0.1) is 23.4 Å². The second kappa shape index (κ2) is 7.11. The van der Waals surface area contributed by atoms with Crippen molar-refractivity contribution in [1.82, 2.24) is 0 Å². The van der Waals surface area contributed by atoms with Crippen molar-refractivity contribution in [3.8, 4) is 5.75 Å². The average Bonchev–Trinajstić information content (AvgIpc) is 2.50. The molecule has 0 aliphatic carbocycles. The predicted octanol–water partition coefficient (Wildman–Crippen LogP) is 3.42. The topological polar surface area (TPSA) is 84.5 Å². The van der Waals surface area contributed by atoms with Crippen LogP contribution in [0.3, 0.4) is 0 Å². The van der Waals surface area contributed by atoms with Gasteiger partial charge in [-0.25, -0.2) is 8.42 Å². The van der Waals surface area contributed by atoms with Crippen LogP contribution in [0.2, 0.25) is 5.02 Å². The summed E-state index contributed by atoms with van der Waals surface area (Å²) < 4.78 is 32.8. The SMILES string of the molecule is COc1cc(NS(=O)(=O)c2cccc(Cl)c2C)ccc1NC(C)=O. The maximum absolute atomic E-state index is 12.6. The van der Waals surface area contributed by atoms with E-state index < -0.39 is 10.0 Å². The van der Waals surface area contributed by atoms with Crippen LogP contribution < -0.4 is 14.8 Å². The lowest BCUT2D eigenvalue weighted by Gasteiger charge is -2.14. The molecule has 2 rings (SSSR count). The normalized spacial score (nSPS) is 11.0. The summed E-state index contributed by atoms with van der Waals surface area (Å²) in [4.78, 5) is 11.3. The van der Waals surface area contributed by atoms with E-state index in [9.17, 15) is 13.2 Å². The van der Waals surface area contributed by atoms with Crippen molar-refractivity contribution in [2.75, 3.05) is 17.1 Å². The highest BCUT2D eigenvalue weighted by Crippen LogP contribution is 2.30. The zero-order chi connectivity index (χ0) is 17.9. The minimum Gasteiger partial charge on any atom is -0.494 e. The van der Waals surface area contributed by atoms with Crippen molar-refractivity contribution < 1.29 is 17.9 Å². The number of sulfonamides is 1. The van der Waals surface area contributed by atoms with Gasteiger partial charge in [-0.15, -0.1) is 0 Å². The van der Waals surface area contributed by atoms with Crippen molar-refractivity contribution in [2.24, 2.45) is 0 Å².